The molecule has 0 aliphatic heterocycles. The van der Waals surface area contributed by atoms with Crippen LogP contribution in [0.1, 0.15) is 20.9 Å². The second-order valence-corrected chi connectivity index (χ2v) is 11.1. The summed E-state index contributed by atoms with van der Waals surface area (Å²) in [5, 5.41) is 7.42. The minimum Gasteiger partial charge on any atom is -0.421 e. The number of benzene rings is 2. The molecule has 220 valence electrons. The van der Waals surface area contributed by atoms with Crippen LogP contribution in [0.4, 0.5) is 10.2 Å². The molecule has 6 aromatic rings. The zero-order valence-corrected chi connectivity index (χ0v) is 24.6. The number of halogens is 1. The summed E-state index contributed by atoms with van der Waals surface area (Å²) in [6.45, 7) is 5.08. The van der Waals surface area contributed by atoms with E-state index in [0.717, 1.165) is 30.9 Å². The van der Waals surface area contributed by atoms with Crippen LogP contribution in [0.25, 0.3) is 42.8 Å². The summed E-state index contributed by atoms with van der Waals surface area (Å²) < 4.78 is 46.3. The van der Waals surface area contributed by atoms with Crippen LogP contribution >= 0.6 is 11.3 Å². The third kappa shape index (κ3) is 5.52. The number of carbonyl (C=O) groups is 1. The Balaban J connectivity index is 1.53. The molecule has 6 rings (SSSR count). The molecule has 0 saturated carbocycles. The molecular formula is C33H28FN7O2S. The van der Waals surface area contributed by atoms with Gasteiger partial charge in [0.15, 0.2) is 11.6 Å². The summed E-state index contributed by atoms with van der Waals surface area (Å²) in [7, 11) is 0. The monoisotopic (exact) mass is 608 g/mol. The van der Waals surface area contributed by atoms with E-state index in [1.807, 2.05) is 25.1 Å². The lowest BCUT2D eigenvalue weighted by molar-refractivity contribution is -0.116. The van der Waals surface area contributed by atoms with E-state index in [-0.39, 0.29) is 23.5 Å². The van der Waals surface area contributed by atoms with Crippen LogP contribution in [0, 0.1) is 19.7 Å². The maximum atomic E-state index is 15.7. The van der Waals surface area contributed by atoms with E-state index in [9.17, 15) is 4.79 Å². The van der Waals surface area contributed by atoms with E-state index in [4.69, 9.17) is 14.6 Å². The lowest BCUT2D eigenvalue weighted by Gasteiger charge is -2.12. The number of thiophene rings is 1. The molecular weight excluding hydrogens is 577 g/mol. The summed E-state index contributed by atoms with van der Waals surface area (Å²) in [4.78, 5) is 25.2. The third-order valence-corrected chi connectivity index (χ3v) is 8.27. The van der Waals surface area contributed by atoms with Crippen LogP contribution in [-0.2, 0) is 18.3 Å². The van der Waals surface area contributed by atoms with Gasteiger partial charge in [0.25, 0.3) is 0 Å². The molecule has 0 aliphatic rings. The van der Waals surface area contributed by atoms with Gasteiger partial charge >= 0.3 is 6.01 Å². The Labute approximate surface area is 261 Å². The smallest absolute Gasteiger partial charge is 0.322 e. The number of nitrogens with zero attached hydrogens (tertiary/aromatic N) is 5. The quantitative estimate of drug-likeness (QED) is 0.183. The Morgan fingerprint density at radius 3 is 2.75 bits per heavy atom. The molecule has 4 aromatic heterocycles. The molecule has 1 amide bonds. The fourth-order valence-electron chi connectivity index (χ4n) is 4.92. The zero-order valence-electron chi connectivity index (χ0n) is 26.8. The third-order valence-electron chi connectivity index (χ3n) is 7.02. The van der Waals surface area contributed by atoms with Gasteiger partial charge in [0.1, 0.15) is 5.82 Å². The highest BCUT2D eigenvalue weighted by molar-refractivity contribution is 7.23. The Morgan fingerprint density at radius 2 is 2.02 bits per heavy atom. The van der Waals surface area contributed by atoms with Crippen LogP contribution in [0.15, 0.2) is 79.9 Å². The second-order valence-electron chi connectivity index (χ2n) is 10.0. The van der Waals surface area contributed by atoms with Crippen LogP contribution < -0.4 is 15.8 Å². The maximum absolute atomic E-state index is 15.7. The first kappa shape index (κ1) is 25.1. The predicted octanol–water partition coefficient (Wildman–Crippen LogP) is 6.75. The van der Waals surface area contributed by atoms with E-state index < -0.39 is 12.8 Å². The highest BCUT2D eigenvalue weighted by Gasteiger charge is 2.24. The van der Waals surface area contributed by atoms with Crippen molar-refractivity contribution in [1.29, 1.82) is 0 Å². The van der Waals surface area contributed by atoms with Crippen molar-refractivity contribution in [3.8, 4) is 44.5 Å². The topological polar surface area (TPSA) is 121 Å². The molecule has 0 unspecified atom stereocenters. The fourth-order valence-corrected chi connectivity index (χ4v) is 6.37. The van der Waals surface area contributed by atoms with Crippen molar-refractivity contribution in [3.05, 3.63) is 103 Å². The van der Waals surface area contributed by atoms with Gasteiger partial charge in [0.05, 0.1) is 6.20 Å². The lowest BCUT2D eigenvalue weighted by atomic mass is 9.95. The molecule has 0 bridgehead atoms. The van der Waals surface area contributed by atoms with Crippen molar-refractivity contribution < 1.29 is 18.0 Å². The largest absolute Gasteiger partial charge is 0.421 e. The Morgan fingerprint density at radius 1 is 1.16 bits per heavy atom. The predicted molar refractivity (Wildman–Crippen MR) is 171 cm³/mol. The number of aryl methyl sites for hydroxylation is 3. The molecule has 11 heteroatoms. The SMILES string of the molecule is [2H]C([2H])([2H])n1cc(-c2cnc(N)c3c(-c4ccc(Oc5nccc(C)n5)c(F)c4)c(-c4ccc(CNC(=O)C=C)cc4C)sc23)cn1. The molecule has 0 fully saturated rings. The molecule has 0 saturated heterocycles. The number of amides is 1. The Hall–Kier alpha value is -5.42. The van der Waals surface area contributed by atoms with Gasteiger partial charge in [-0.1, -0.05) is 30.8 Å². The highest BCUT2D eigenvalue weighted by atomic mass is 32.1. The van der Waals surface area contributed by atoms with Gasteiger partial charge in [-0.25, -0.2) is 19.3 Å². The number of rotatable bonds is 8. The number of nitrogens with one attached hydrogen (secondary N) is 1. The number of fused-ring (bicyclic) bond motifs is 1. The number of nitrogen functional groups attached to an aromatic ring is 1. The molecule has 3 N–H and O–H groups in total. The summed E-state index contributed by atoms with van der Waals surface area (Å²) in [5.41, 5.74) is 12.2. The average Bonchev–Trinajstić information content (AvgIpc) is 3.68. The van der Waals surface area contributed by atoms with E-state index >= 15 is 4.39 Å². The summed E-state index contributed by atoms with van der Waals surface area (Å²) in [6, 6.07) is 12.2. The van der Waals surface area contributed by atoms with Gasteiger partial charge in [-0.15, -0.1) is 11.3 Å². The van der Waals surface area contributed by atoms with Crippen LogP contribution in [0.3, 0.4) is 0 Å². The Bertz CT molecular complexity index is 2180. The fraction of sp³-hybridized carbons (Fsp3) is 0.121. The lowest BCUT2D eigenvalue weighted by Crippen LogP contribution is -2.19. The number of nitrogens with two attached hydrogens (primary N) is 1. The normalized spacial score (nSPS) is 12.4. The van der Waals surface area contributed by atoms with Gasteiger partial charge in [-0.05, 0) is 60.4 Å². The van der Waals surface area contributed by atoms with Gasteiger partial charge in [-0.3, -0.25) is 9.48 Å². The Kier molecular flexibility index (Phi) is 6.67. The molecule has 0 atom stereocenters. The van der Waals surface area contributed by atoms with Gasteiger partial charge in [-0.2, -0.15) is 5.10 Å². The van der Waals surface area contributed by atoms with Gasteiger partial charge in [0, 0.05) is 73.6 Å². The number of hydrogen-bond donors (Lipinski definition) is 2. The first-order valence-electron chi connectivity index (χ1n) is 15.0. The first-order chi connectivity index (χ1) is 22.4. The van der Waals surface area contributed by atoms with Crippen molar-refractivity contribution in [3.63, 3.8) is 0 Å². The van der Waals surface area contributed by atoms with Gasteiger partial charge in [0.2, 0.25) is 5.91 Å². The summed E-state index contributed by atoms with van der Waals surface area (Å²) in [6.07, 6.45) is 7.24. The van der Waals surface area contributed by atoms with Crippen molar-refractivity contribution in [1.82, 2.24) is 30.0 Å². The summed E-state index contributed by atoms with van der Waals surface area (Å²) >= 11 is 1.43. The van der Waals surface area contributed by atoms with Crippen molar-refractivity contribution in [2.75, 3.05) is 5.73 Å². The number of ether oxygens (including phenoxy) is 1. The standard InChI is InChI=1S/C33H28FN7O2S/c1-5-27(42)37-14-20-6-8-23(18(2)12-20)30-28(21-7-9-26(25(34)13-21)43-33-36-11-10-19(3)40-33)29-31(44-30)24(16-38-32(29)35)22-15-39-41(4)17-22/h5-13,15-17H,1,14H2,2-4H3,(H2,35,38)(H,37,42)/i4D3. The number of pyridine rings is 1. The number of anilines is 1. The molecule has 0 spiro atoms. The highest BCUT2D eigenvalue weighted by Crippen LogP contribution is 2.50. The van der Waals surface area contributed by atoms with E-state index in [1.54, 1.807) is 25.3 Å². The number of hydrogen-bond acceptors (Lipinski definition) is 8. The van der Waals surface area contributed by atoms with Crippen LogP contribution in [0.2, 0.25) is 0 Å². The molecule has 44 heavy (non-hydrogen) atoms. The second kappa shape index (κ2) is 11.7. The molecule has 0 aliphatic carbocycles. The minimum atomic E-state index is -2.46. The number of aromatic nitrogens is 5. The van der Waals surface area contributed by atoms with Crippen LogP contribution in [0.5, 0.6) is 11.8 Å². The van der Waals surface area contributed by atoms with E-state index in [2.05, 4.69) is 31.9 Å². The molecule has 4 heterocycles. The van der Waals surface area contributed by atoms with E-state index in [0.29, 0.717) is 39.9 Å². The van der Waals surface area contributed by atoms with Crippen molar-refractivity contribution in [2.24, 2.45) is 6.98 Å². The van der Waals surface area contributed by atoms with Gasteiger partial charge < -0.3 is 15.8 Å². The van der Waals surface area contributed by atoms with E-state index in [1.165, 1.54) is 48.1 Å². The summed E-state index contributed by atoms with van der Waals surface area (Å²) in [5.74, 6) is -0.741. The molecule has 9 nitrogen and oxygen atoms in total. The zero-order chi connectivity index (χ0) is 33.5. The number of carbonyl (C=O) groups excluding carboxylic acids is 1. The molecule has 0 radical (unpaired) electrons. The first-order valence-corrected chi connectivity index (χ1v) is 14.3. The average molecular weight is 609 g/mol. The molecule has 2 aromatic carbocycles. The maximum Gasteiger partial charge on any atom is 0.322 e. The van der Waals surface area contributed by atoms with Crippen LogP contribution in [-0.4, -0.2) is 30.6 Å². The van der Waals surface area contributed by atoms with Crippen molar-refractivity contribution in [2.45, 2.75) is 20.4 Å². The minimum absolute atomic E-state index is 0.0222. The van der Waals surface area contributed by atoms with Crippen molar-refractivity contribution >= 4 is 33.1 Å².